The van der Waals surface area contributed by atoms with E-state index in [1.165, 1.54) is 5.56 Å². The summed E-state index contributed by atoms with van der Waals surface area (Å²) in [6, 6.07) is 48.3. The van der Waals surface area contributed by atoms with Crippen LogP contribution in [-0.2, 0) is 46.1 Å². The van der Waals surface area contributed by atoms with Crippen LogP contribution in [0, 0.1) is 35.5 Å². The van der Waals surface area contributed by atoms with Crippen LogP contribution in [0.15, 0.2) is 164 Å². The molecule has 0 fully saturated rings. The van der Waals surface area contributed by atoms with Crippen LogP contribution in [-0.4, -0.2) is 94.6 Å². The molecule has 93 heavy (non-hydrogen) atoms. The molecule has 0 aromatic heterocycles. The van der Waals surface area contributed by atoms with Crippen molar-refractivity contribution in [1.29, 1.82) is 0 Å². The highest BCUT2D eigenvalue weighted by atomic mass is 28.4. The Morgan fingerprint density at radius 3 is 1.37 bits per heavy atom. The second-order valence-corrected chi connectivity index (χ2v) is 45.8. The highest BCUT2D eigenvalue weighted by molar-refractivity contribution is 6.75. The summed E-state index contributed by atoms with van der Waals surface area (Å²) in [5.41, 5.74) is 4.71. The van der Waals surface area contributed by atoms with Crippen molar-refractivity contribution < 1.29 is 42.1 Å². The van der Waals surface area contributed by atoms with Crippen LogP contribution in [0.5, 0.6) is 11.5 Å². The molecule has 0 aliphatic heterocycles. The zero-order chi connectivity index (χ0) is 69.0. The zero-order valence-electron chi connectivity index (χ0n) is 62.0. The van der Waals surface area contributed by atoms with Crippen LogP contribution in [0.2, 0.25) is 54.4 Å². The molecule has 1 N–H and O–H groups in total. The Hall–Kier alpha value is -4.45. The fourth-order valence-corrected chi connectivity index (χ4v) is 16.1. The van der Waals surface area contributed by atoms with E-state index < -0.39 is 30.6 Å². The van der Waals surface area contributed by atoms with Gasteiger partial charge in [-0.1, -0.05) is 243 Å². The van der Waals surface area contributed by atoms with Gasteiger partial charge in [0.2, 0.25) is 0 Å². The van der Waals surface area contributed by atoms with E-state index in [9.17, 15) is 5.11 Å². The fraction of sp³-hybridized carbons (Fsp3) is 0.580. The van der Waals surface area contributed by atoms with Gasteiger partial charge in [0.25, 0.3) is 0 Å². The molecule has 0 amide bonds. The van der Waals surface area contributed by atoms with Crippen LogP contribution in [0.1, 0.15) is 157 Å². The molecule has 0 saturated heterocycles. The Labute approximate surface area is 569 Å². The normalized spacial score (nSPS) is 16.9. The maximum atomic E-state index is 10.7. The summed E-state index contributed by atoms with van der Waals surface area (Å²) < 4.78 is 54.9. The summed E-state index contributed by atoms with van der Waals surface area (Å²) in [5.74, 6) is 2.34. The smallest absolute Gasteiger partial charge is 0.192 e. The van der Waals surface area contributed by atoms with E-state index in [-0.39, 0.29) is 81.8 Å². The average molecular weight is 1330 g/mol. The topological polar surface area (TPSA) is 94.1 Å². The number of methoxy groups -OCH3 is 2. The van der Waals surface area contributed by atoms with Crippen LogP contribution >= 0.6 is 0 Å². The lowest BCUT2D eigenvalue weighted by molar-refractivity contribution is -0.0655. The molecular weight excluding hydrogens is 1200 g/mol. The quantitative estimate of drug-likeness (QED) is 0.0236. The third-order valence-electron chi connectivity index (χ3n) is 21.0. The molecule has 5 aromatic rings. The molecule has 0 bridgehead atoms. The molecule has 0 radical (unpaired) electrons. The summed E-state index contributed by atoms with van der Waals surface area (Å²) >= 11 is 0. The first kappa shape index (κ1) is 79.2. The van der Waals surface area contributed by atoms with Gasteiger partial charge < -0.3 is 42.1 Å². The molecule has 12 heteroatoms. The van der Waals surface area contributed by atoms with Gasteiger partial charge in [-0.15, -0.1) is 0 Å². The first-order valence-corrected chi connectivity index (χ1v) is 43.6. The standard InChI is InChI=1S/C81H126O9Si3/c1-60(41-52-74(89-92(20,21)79(10,11)12)65(6)77(64(5)58-82)85-55-53-66-43-48-71(83-16)49-44-66)56-63(4)76(86-59-67-45-50-72(84-17)51-46-67)62(3)42-47-73(88-91(18,19)78(7,8)9)57-75(90-93(22,23)80(13,14)15)61(2)34-33-54-87-81(68-35-27-24-28-36-68,69-37-29-25-30-38-69)70-39-31-26-32-40-70/h24-40,42-51,60-65,73-77,82H,41,52-59H2,1-23H3/t60-,61+,62-,63-,64-,65-,73+,74?,75-,76-,77-/m0/s1. The molecule has 0 aliphatic rings. The Morgan fingerprint density at radius 1 is 0.462 bits per heavy atom. The number of ether oxygens (including phenoxy) is 5. The van der Waals surface area contributed by atoms with E-state index in [2.05, 4.69) is 283 Å². The van der Waals surface area contributed by atoms with E-state index in [4.69, 9.17) is 37.0 Å². The molecule has 0 aliphatic carbocycles. The molecule has 1 unspecified atom stereocenters. The van der Waals surface area contributed by atoms with Crippen molar-refractivity contribution >= 4 is 25.0 Å². The monoisotopic (exact) mass is 1330 g/mol. The Morgan fingerprint density at radius 2 is 0.914 bits per heavy atom. The first-order chi connectivity index (χ1) is 43.6. The van der Waals surface area contributed by atoms with Crippen molar-refractivity contribution in [3.05, 3.63) is 192 Å². The van der Waals surface area contributed by atoms with Crippen LogP contribution in [0.4, 0.5) is 0 Å². The van der Waals surface area contributed by atoms with E-state index in [0.717, 1.165) is 59.4 Å². The number of rotatable bonds is 38. The van der Waals surface area contributed by atoms with Gasteiger partial charge >= 0.3 is 0 Å². The van der Waals surface area contributed by atoms with E-state index >= 15 is 0 Å². The van der Waals surface area contributed by atoms with Gasteiger partial charge in [0.1, 0.15) is 17.1 Å². The third-order valence-corrected chi connectivity index (χ3v) is 34.5. The maximum Gasteiger partial charge on any atom is 0.192 e. The fourth-order valence-electron chi connectivity index (χ4n) is 11.9. The van der Waals surface area contributed by atoms with Crippen molar-refractivity contribution in [2.24, 2.45) is 35.5 Å². The number of benzene rings is 5. The predicted octanol–water partition coefficient (Wildman–Crippen LogP) is 20.9. The lowest BCUT2D eigenvalue weighted by atomic mass is 9.80. The summed E-state index contributed by atoms with van der Waals surface area (Å²) in [5, 5.41) is 10.7. The van der Waals surface area contributed by atoms with Gasteiger partial charge in [-0.2, -0.15) is 0 Å². The van der Waals surface area contributed by atoms with Gasteiger partial charge in [0, 0.05) is 30.8 Å². The molecule has 0 saturated carbocycles. The third kappa shape index (κ3) is 23.1. The largest absolute Gasteiger partial charge is 0.497 e. The van der Waals surface area contributed by atoms with Crippen LogP contribution < -0.4 is 9.47 Å². The SMILES string of the molecule is COc1ccc(CCO[C@@H]([C@@H](C)CO)[C@@H](C)C(CC[C@H](C)C[C@H](C)[C@@H](OCc2ccc(OC)cc2)[C@@H](C)C=C[C@H](C[C@H](O[Si](C)(C)C(C)(C)C)[C@H](C)C=CCOC(c2ccccc2)(c2ccccc2)c2ccccc2)O[Si](C)(C)C(C)(C)C)O[Si](C)(C)C(C)(C)C)cc1. The van der Waals surface area contributed by atoms with Gasteiger partial charge in [-0.25, -0.2) is 0 Å². The molecule has 11 atom stereocenters. The predicted molar refractivity (Wildman–Crippen MR) is 398 cm³/mol. The van der Waals surface area contributed by atoms with Gasteiger partial charge in [0.05, 0.1) is 64.6 Å². The van der Waals surface area contributed by atoms with Crippen molar-refractivity contribution in [3.8, 4) is 11.5 Å². The number of aliphatic hydroxyl groups is 1. The van der Waals surface area contributed by atoms with Crippen molar-refractivity contribution in [2.45, 2.75) is 233 Å². The van der Waals surface area contributed by atoms with Crippen molar-refractivity contribution in [2.75, 3.05) is 34.0 Å². The molecule has 0 spiro atoms. The average Bonchev–Trinajstić information content (AvgIpc) is 0.771. The van der Waals surface area contributed by atoms with Gasteiger partial charge in [-0.3, -0.25) is 0 Å². The van der Waals surface area contributed by atoms with Gasteiger partial charge in [0.15, 0.2) is 25.0 Å². The van der Waals surface area contributed by atoms with Crippen LogP contribution in [0.3, 0.4) is 0 Å². The number of hydrogen-bond acceptors (Lipinski definition) is 9. The molecule has 5 aromatic carbocycles. The molecule has 0 heterocycles. The van der Waals surface area contributed by atoms with Crippen LogP contribution in [0.25, 0.3) is 0 Å². The zero-order valence-corrected chi connectivity index (χ0v) is 65.0. The van der Waals surface area contributed by atoms with E-state index in [1.807, 2.05) is 24.3 Å². The molecule has 5 rings (SSSR count). The second-order valence-electron chi connectivity index (χ2n) is 31.6. The number of aliphatic hydroxyl groups excluding tert-OH is 1. The minimum Gasteiger partial charge on any atom is -0.497 e. The Bertz CT molecular complexity index is 2850. The van der Waals surface area contributed by atoms with Crippen molar-refractivity contribution in [3.63, 3.8) is 0 Å². The summed E-state index contributed by atoms with van der Waals surface area (Å²) in [6.07, 6.45) is 13.0. The van der Waals surface area contributed by atoms with E-state index in [1.54, 1.807) is 14.2 Å². The first-order valence-electron chi connectivity index (χ1n) is 34.9. The Kier molecular flexibility index (Phi) is 30.4. The summed E-state index contributed by atoms with van der Waals surface area (Å²) in [6.45, 7) is 50.5. The minimum atomic E-state index is -2.32. The van der Waals surface area contributed by atoms with Crippen molar-refractivity contribution in [1.82, 2.24) is 0 Å². The molecular formula is C81H126O9Si3. The van der Waals surface area contributed by atoms with Gasteiger partial charge in [-0.05, 0) is 150 Å². The lowest BCUT2D eigenvalue weighted by Gasteiger charge is -2.43. The second kappa shape index (κ2) is 35.7. The minimum absolute atomic E-state index is 0.00859. The lowest BCUT2D eigenvalue weighted by Crippen LogP contribution is -2.48. The maximum absolute atomic E-state index is 10.7. The highest BCUT2D eigenvalue weighted by Crippen LogP contribution is 2.45. The van der Waals surface area contributed by atoms with E-state index in [0.29, 0.717) is 32.2 Å². The number of hydrogen-bond donors (Lipinski definition) is 1. The summed E-state index contributed by atoms with van der Waals surface area (Å²) in [7, 11) is -3.44. The summed E-state index contributed by atoms with van der Waals surface area (Å²) in [4.78, 5) is 0. The molecule has 9 nitrogen and oxygen atoms in total. The molecule has 516 valence electrons. The highest BCUT2D eigenvalue weighted by Gasteiger charge is 2.45. The Balaban J connectivity index is 1.46.